The molecule has 2 aromatic rings. The number of carboxylic acids is 1. The molecule has 1 aliphatic rings. The molecule has 1 unspecified atom stereocenters. The zero-order valence-corrected chi connectivity index (χ0v) is 14.8. The van der Waals surface area contributed by atoms with Gasteiger partial charge >= 0.3 is 5.97 Å². The van der Waals surface area contributed by atoms with Crippen LogP contribution >= 0.6 is 11.8 Å². The average Bonchev–Trinajstić information content (AvgIpc) is 2.60. The lowest BCUT2D eigenvalue weighted by Gasteiger charge is -2.19. The first-order valence-electron chi connectivity index (χ1n) is 8.24. The number of rotatable bonds is 6. The molecule has 132 valence electrons. The molecular weight excluding hydrogens is 340 g/mol. The molecule has 0 saturated carbocycles. The zero-order valence-electron chi connectivity index (χ0n) is 13.9. The van der Waals surface area contributed by atoms with Gasteiger partial charge in [-0.2, -0.15) is 0 Å². The Morgan fingerprint density at radius 2 is 2.16 bits per heavy atom. The molecule has 7 heteroatoms. The van der Waals surface area contributed by atoms with Gasteiger partial charge in [0, 0.05) is 11.3 Å². The van der Waals surface area contributed by atoms with Crippen LogP contribution in [0.4, 0.5) is 0 Å². The van der Waals surface area contributed by atoms with Crippen LogP contribution in [0.5, 0.6) is 5.75 Å². The molecule has 0 aliphatic heterocycles. The van der Waals surface area contributed by atoms with E-state index in [1.807, 2.05) is 0 Å². The molecule has 0 spiro atoms. The number of fused-ring (bicyclic) bond motifs is 1. The van der Waals surface area contributed by atoms with Gasteiger partial charge in [-0.25, -0.2) is 9.78 Å². The van der Waals surface area contributed by atoms with Crippen LogP contribution in [0.25, 0.3) is 0 Å². The summed E-state index contributed by atoms with van der Waals surface area (Å²) in [5.74, 6) is 0.832. The third kappa shape index (κ3) is 4.42. The Bertz CT molecular complexity index is 817. The maximum Gasteiger partial charge on any atom is 0.335 e. The lowest BCUT2D eigenvalue weighted by Crippen LogP contribution is -2.25. The quantitative estimate of drug-likeness (QED) is 0.467. The van der Waals surface area contributed by atoms with Crippen molar-refractivity contribution in [2.45, 2.75) is 31.3 Å². The number of ether oxygens (including phenoxy) is 1. The molecule has 0 amide bonds. The number of hydrogen-bond acceptors (Lipinski definition) is 5. The number of carbonyl (C=O) groups is 1. The van der Waals surface area contributed by atoms with Gasteiger partial charge in [0.05, 0.1) is 17.9 Å². The van der Waals surface area contributed by atoms with E-state index in [0.29, 0.717) is 29.2 Å². The molecule has 0 fully saturated rings. The summed E-state index contributed by atoms with van der Waals surface area (Å²) < 4.78 is 5.59. The maximum absolute atomic E-state index is 12.2. The van der Waals surface area contributed by atoms with Crippen LogP contribution in [0.1, 0.15) is 35.0 Å². The molecule has 1 aromatic carbocycles. The van der Waals surface area contributed by atoms with E-state index >= 15 is 0 Å². The van der Waals surface area contributed by atoms with Crippen molar-refractivity contribution < 1.29 is 14.6 Å². The molecule has 1 atom stereocenters. The number of aromatic nitrogens is 2. The van der Waals surface area contributed by atoms with E-state index in [1.54, 1.807) is 12.1 Å². The fourth-order valence-electron chi connectivity index (χ4n) is 2.83. The third-order valence-electron chi connectivity index (χ3n) is 4.20. The smallest absolute Gasteiger partial charge is 0.335 e. The van der Waals surface area contributed by atoms with E-state index in [-0.39, 0.29) is 11.1 Å². The highest BCUT2D eigenvalue weighted by atomic mass is 32.2. The van der Waals surface area contributed by atoms with Gasteiger partial charge in [-0.3, -0.25) is 4.79 Å². The minimum atomic E-state index is -0.959. The summed E-state index contributed by atoms with van der Waals surface area (Å²) in [4.78, 5) is 30.4. The molecule has 0 bridgehead atoms. The first kappa shape index (κ1) is 17.5. The van der Waals surface area contributed by atoms with Crippen LogP contribution in [0, 0.1) is 5.92 Å². The number of aromatic carboxylic acids is 1. The molecule has 1 aliphatic carbocycles. The minimum Gasteiger partial charge on any atom is -0.493 e. The second-order valence-corrected chi connectivity index (χ2v) is 7.25. The number of nitrogens with zero attached hydrogens (tertiary/aromatic N) is 1. The summed E-state index contributed by atoms with van der Waals surface area (Å²) in [6.07, 6.45) is 2.74. The predicted octanol–water partition coefficient (Wildman–Crippen LogP) is 2.76. The van der Waals surface area contributed by atoms with Crippen LogP contribution in [-0.2, 0) is 12.8 Å². The lowest BCUT2D eigenvalue weighted by atomic mass is 9.89. The predicted molar refractivity (Wildman–Crippen MR) is 95.7 cm³/mol. The van der Waals surface area contributed by atoms with E-state index < -0.39 is 5.97 Å². The van der Waals surface area contributed by atoms with Gasteiger partial charge in [-0.15, -0.1) is 0 Å². The molecule has 3 rings (SSSR count). The Kier molecular flexibility index (Phi) is 5.43. The van der Waals surface area contributed by atoms with E-state index in [0.717, 1.165) is 30.5 Å². The highest BCUT2D eigenvalue weighted by Crippen LogP contribution is 2.23. The number of thioether (sulfide) groups is 1. The fraction of sp³-hybridized carbons (Fsp3) is 0.389. The molecule has 1 heterocycles. The van der Waals surface area contributed by atoms with Crippen molar-refractivity contribution in [3.63, 3.8) is 0 Å². The van der Waals surface area contributed by atoms with Gasteiger partial charge in [0.15, 0.2) is 5.16 Å². The molecular formula is C18H20N2O4S. The Hall–Kier alpha value is -2.28. The molecule has 2 N–H and O–H groups in total. The van der Waals surface area contributed by atoms with Crippen molar-refractivity contribution in [3.05, 3.63) is 51.4 Å². The van der Waals surface area contributed by atoms with E-state index in [1.165, 1.54) is 23.9 Å². The maximum atomic E-state index is 12.2. The van der Waals surface area contributed by atoms with Crippen LogP contribution < -0.4 is 10.3 Å². The highest BCUT2D eigenvalue weighted by molar-refractivity contribution is 7.99. The number of H-pyrrole nitrogens is 1. The largest absolute Gasteiger partial charge is 0.493 e. The second kappa shape index (κ2) is 7.74. The third-order valence-corrected chi connectivity index (χ3v) is 5.04. The van der Waals surface area contributed by atoms with Gasteiger partial charge in [-0.05, 0) is 49.4 Å². The molecule has 25 heavy (non-hydrogen) atoms. The number of aromatic amines is 1. The van der Waals surface area contributed by atoms with Gasteiger partial charge in [0.1, 0.15) is 5.75 Å². The zero-order chi connectivity index (χ0) is 17.8. The van der Waals surface area contributed by atoms with Crippen LogP contribution in [0.2, 0.25) is 0 Å². The molecule has 6 nitrogen and oxygen atoms in total. The van der Waals surface area contributed by atoms with Crippen LogP contribution in [0.15, 0.2) is 34.2 Å². The standard InChI is InChI=1S/C18H20N2O4S/c1-11-2-7-15-14(10-11)16(21)20-18(19-15)25-9-8-24-13-5-3-12(4-6-13)17(22)23/h3-6,11H,2,7-10H2,1H3,(H,22,23)(H,19,20,21). The summed E-state index contributed by atoms with van der Waals surface area (Å²) in [5, 5.41) is 9.48. The van der Waals surface area contributed by atoms with E-state index in [9.17, 15) is 9.59 Å². The first-order valence-corrected chi connectivity index (χ1v) is 9.22. The Balaban J connectivity index is 1.53. The van der Waals surface area contributed by atoms with Crippen LogP contribution in [0.3, 0.4) is 0 Å². The lowest BCUT2D eigenvalue weighted by molar-refractivity contribution is 0.0697. The van der Waals surface area contributed by atoms with E-state index in [4.69, 9.17) is 9.84 Å². The number of nitrogens with one attached hydrogen (secondary N) is 1. The van der Waals surface area contributed by atoms with Gasteiger partial charge in [0.2, 0.25) is 0 Å². The summed E-state index contributed by atoms with van der Waals surface area (Å²) in [7, 11) is 0. The topological polar surface area (TPSA) is 92.3 Å². The normalized spacial score (nSPS) is 16.3. The first-order chi connectivity index (χ1) is 12.0. The number of benzene rings is 1. The summed E-state index contributed by atoms with van der Waals surface area (Å²) in [6, 6.07) is 6.28. The summed E-state index contributed by atoms with van der Waals surface area (Å²) >= 11 is 1.45. The van der Waals surface area contributed by atoms with Crippen LogP contribution in [-0.4, -0.2) is 33.4 Å². The SMILES string of the molecule is CC1CCc2nc(SCCOc3ccc(C(=O)O)cc3)[nH]c(=O)c2C1. The fourth-order valence-corrected chi connectivity index (χ4v) is 3.53. The van der Waals surface area contributed by atoms with Gasteiger partial charge in [-0.1, -0.05) is 18.7 Å². The van der Waals surface area contributed by atoms with E-state index in [2.05, 4.69) is 16.9 Å². The minimum absolute atomic E-state index is 0.0239. The Morgan fingerprint density at radius 3 is 2.88 bits per heavy atom. The Morgan fingerprint density at radius 1 is 1.40 bits per heavy atom. The van der Waals surface area contributed by atoms with Crippen molar-refractivity contribution >= 4 is 17.7 Å². The monoisotopic (exact) mass is 360 g/mol. The number of aryl methyl sites for hydroxylation is 1. The van der Waals surface area contributed by atoms with Gasteiger partial charge in [0.25, 0.3) is 5.56 Å². The molecule has 1 aromatic heterocycles. The second-order valence-electron chi connectivity index (χ2n) is 6.17. The summed E-state index contributed by atoms with van der Waals surface area (Å²) in [5.41, 5.74) is 1.96. The van der Waals surface area contributed by atoms with Crippen molar-refractivity contribution in [3.8, 4) is 5.75 Å². The van der Waals surface area contributed by atoms with Gasteiger partial charge < -0.3 is 14.8 Å². The summed E-state index contributed by atoms with van der Waals surface area (Å²) in [6.45, 7) is 2.60. The number of hydrogen-bond donors (Lipinski definition) is 2. The van der Waals surface area contributed by atoms with Crippen molar-refractivity contribution in [1.82, 2.24) is 9.97 Å². The van der Waals surface area contributed by atoms with Crippen molar-refractivity contribution in [2.24, 2.45) is 5.92 Å². The van der Waals surface area contributed by atoms with Crippen molar-refractivity contribution in [2.75, 3.05) is 12.4 Å². The Labute approximate surface area is 149 Å². The number of carboxylic acid groups (broad SMARTS) is 1. The van der Waals surface area contributed by atoms with Crippen molar-refractivity contribution in [1.29, 1.82) is 0 Å². The molecule has 0 radical (unpaired) electrons. The average molecular weight is 360 g/mol. The highest BCUT2D eigenvalue weighted by Gasteiger charge is 2.20. The molecule has 0 saturated heterocycles.